The van der Waals surface area contributed by atoms with Crippen molar-refractivity contribution in [3.63, 3.8) is 0 Å². The molecule has 0 bridgehead atoms. The first-order valence-corrected chi connectivity index (χ1v) is 9.83. The van der Waals surface area contributed by atoms with E-state index in [9.17, 15) is 13.6 Å². The molecule has 0 saturated carbocycles. The van der Waals surface area contributed by atoms with Gasteiger partial charge in [0.25, 0.3) is 5.91 Å². The van der Waals surface area contributed by atoms with E-state index in [1.165, 1.54) is 18.2 Å². The summed E-state index contributed by atoms with van der Waals surface area (Å²) in [4.78, 5) is 12.5. The van der Waals surface area contributed by atoms with Crippen LogP contribution in [0.3, 0.4) is 0 Å². The van der Waals surface area contributed by atoms with Crippen LogP contribution in [0.2, 0.25) is 0 Å². The second-order valence-electron chi connectivity index (χ2n) is 6.29. The molecule has 0 aliphatic carbocycles. The highest BCUT2D eigenvalue weighted by molar-refractivity contribution is 9.10. The maximum atomic E-state index is 12.5. The second-order valence-corrected chi connectivity index (χ2v) is 7.09. The molecule has 0 atom stereocenters. The summed E-state index contributed by atoms with van der Waals surface area (Å²) in [5, 5.41) is 11.4. The van der Waals surface area contributed by atoms with Gasteiger partial charge in [-0.05, 0) is 54.9 Å². The summed E-state index contributed by atoms with van der Waals surface area (Å²) in [7, 11) is 0. The minimum Gasteiger partial charge on any atom is -0.490 e. The van der Waals surface area contributed by atoms with Gasteiger partial charge in [-0.15, -0.1) is 0 Å². The van der Waals surface area contributed by atoms with Crippen LogP contribution in [0, 0.1) is 13.8 Å². The average molecular weight is 484 g/mol. The van der Waals surface area contributed by atoms with Crippen molar-refractivity contribution in [2.75, 3.05) is 11.9 Å². The summed E-state index contributed by atoms with van der Waals surface area (Å²) >= 11 is 3.48. The number of hydrogen-bond donors (Lipinski definition) is 1. The number of carbonyl (C=O) groups excluding carboxylic acids is 1. The molecule has 8 nitrogen and oxygen atoms in total. The Balaban J connectivity index is 1.72. The summed E-state index contributed by atoms with van der Waals surface area (Å²) in [6.07, 6.45) is 1.67. The lowest BCUT2D eigenvalue weighted by molar-refractivity contribution is -0.0514. The lowest BCUT2D eigenvalue weighted by Crippen LogP contribution is -2.16. The Kier molecular flexibility index (Phi) is 6.70. The number of benzene rings is 1. The number of rotatable bonds is 8. The Morgan fingerprint density at radius 2 is 2.00 bits per heavy atom. The van der Waals surface area contributed by atoms with Crippen molar-refractivity contribution in [2.24, 2.45) is 0 Å². The van der Waals surface area contributed by atoms with Gasteiger partial charge in [-0.2, -0.15) is 19.0 Å². The van der Waals surface area contributed by atoms with Gasteiger partial charge in [-0.3, -0.25) is 9.48 Å². The zero-order valence-electron chi connectivity index (χ0n) is 16.5. The third kappa shape index (κ3) is 4.96. The predicted molar refractivity (Wildman–Crippen MR) is 109 cm³/mol. The number of nitrogens with zero attached hydrogens (tertiary/aromatic N) is 4. The SMILES string of the molecule is CCOc1cc(NC(=O)c2ccn(Cn3nc(C)c(Br)c3C)n2)ccc1OC(F)F. The quantitative estimate of drug-likeness (QED) is 0.518. The zero-order chi connectivity index (χ0) is 21.8. The molecule has 1 aromatic carbocycles. The molecule has 3 aromatic rings. The second kappa shape index (κ2) is 9.24. The van der Waals surface area contributed by atoms with Crippen molar-refractivity contribution in [1.29, 1.82) is 0 Å². The molecule has 0 aliphatic heterocycles. The molecule has 0 aliphatic rings. The number of aryl methyl sites for hydroxylation is 1. The molecule has 0 fully saturated rings. The molecule has 30 heavy (non-hydrogen) atoms. The van der Waals surface area contributed by atoms with E-state index >= 15 is 0 Å². The molecule has 2 heterocycles. The predicted octanol–water partition coefficient (Wildman–Crippen LogP) is 4.22. The fraction of sp³-hybridized carbons (Fsp3) is 0.316. The van der Waals surface area contributed by atoms with Gasteiger partial charge in [0.2, 0.25) is 0 Å². The maximum absolute atomic E-state index is 12.5. The molecule has 0 radical (unpaired) electrons. The van der Waals surface area contributed by atoms with Crippen molar-refractivity contribution >= 4 is 27.5 Å². The molecular formula is C19H20BrF2N5O3. The van der Waals surface area contributed by atoms with Gasteiger partial charge < -0.3 is 14.8 Å². The van der Waals surface area contributed by atoms with Gasteiger partial charge in [0.1, 0.15) is 6.67 Å². The van der Waals surface area contributed by atoms with E-state index in [1.807, 2.05) is 13.8 Å². The summed E-state index contributed by atoms with van der Waals surface area (Å²) in [6, 6.07) is 5.76. The van der Waals surface area contributed by atoms with Gasteiger partial charge in [0.05, 0.1) is 22.5 Å². The van der Waals surface area contributed by atoms with Gasteiger partial charge in [-0.25, -0.2) is 4.68 Å². The molecule has 2 aromatic heterocycles. The zero-order valence-corrected chi connectivity index (χ0v) is 18.1. The van der Waals surface area contributed by atoms with Crippen LogP contribution < -0.4 is 14.8 Å². The van der Waals surface area contributed by atoms with E-state index in [4.69, 9.17) is 4.74 Å². The molecule has 0 saturated heterocycles. The van der Waals surface area contributed by atoms with Crippen LogP contribution in [0.15, 0.2) is 34.9 Å². The van der Waals surface area contributed by atoms with Gasteiger partial charge in [0, 0.05) is 18.0 Å². The minimum absolute atomic E-state index is 0.106. The summed E-state index contributed by atoms with van der Waals surface area (Å²) in [5.41, 5.74) is 2.37. The first-order valence-electron chi connectivity index (χ1n) is 9.04. The fourth-order valence-corrected chi connectivity index (χ4v) is 3.04. The van der Waals surface area contributed by atoms with E-state index in [0.29, 0.717) is 12.4 Å². The Bertz CT molecular complexity index is 1050. The number of aromatic nitrogens is 4. The van der Waals surface area contributed by atoms with Crippen LogP contribution >= 0.6 is 15.9 Å². The lowest BCUT2D eigenvalue weighted by atomic mass is 10.2. The molecule has 3 rings (SSSR count). The van der Waals surface area contributed by atoms with E-state index in [0.717, 1.165) is 15.9 Å². The smallest absolute Gasteiger partial charge is 0.387 e. The molecule has 1 amide bonds. The van der Waals surface area contributed by atoms with Crippen molar-refractivity contribution in [2.45, 2.75) is 34.1 Å². The Hall–Kier alpha value is -2.95. The van der Waals surface area contributed by atoms with E-state index < -0.39 is 12.5 Å². The van der Waals surface area contributed by atoms with Crippen molar-refractivity contribution in [3.8, 4) is 11.5 Å². The summed E-state index contributed by atoms with van der Waals surface area (Å²) in [5.74, 6) is -0.449. The molecule has 1 N–H and O–H groups in total. The molecule has 160 valence electrons. The number of alkyl halides is 2. The van der Waals surface area contributed by atoms with E-state index in [1.54, 1.807) is 28.6 Å². The van der Waals surface area contributed by atoms with E-state index in [-0.39, 0.29) is 23.8 Å². The maximum Gasteiger partial charge on any atom is 0.387 e. The monoisotopic (exact) mass is 483 g/mol. The lowest BCUT2D eigenvalue weighted by Gasteiger charge is -2.13. The van der Waals surface area contributed by atoms with Crippen molar-refractivity contribution < 1.29 is 23.0 Å². The minimum atomic E-state index is -2.98. The summed E-state index contributed by atoms with van der Waals surface area (Å²) < 4.78 is 39.1. The number of carbonyl (C=O) groups is 1. The number of amides is 1. The van der Waals surface area contributed by atoms with Crippen LogP contribution in [-0.2, 0) is 6.67 Å². The fourth-order valence-electron chi connectivity index (χ4n) is 2.75. The highest BCUT2D eigenvalue weighted by atomic mass is 79.9. The van der Waals surface area contributed by atoms with Crippen LogP contribution in [0.25, 0.3) is 0 Å². The van der Waals surface area contributed by atoms with Crippen LogP contribution in [0.1, 0.15) is 28.8 Å². The van der Waals surface area contributed by atoms with Crippen LogP contribution in [-0.4, -0.2) is 38.7 Å². The molecular weight excluding hydrogens is 464 g/mol. The first-order chi connectivity index (χ1) is 14.3. The number of anilines is 1. The number of nitrogens with one attached hydrogen (secondary N) is 1. The first kappa shape index (κ1) is 21.8. The Morgan fingerprint density at radius 3 is 2.63 bits per heavy atom. The highest BCUT2D eigenvalue weighted by Gasteiger charge is 2.15. The summed E-state index contributed by atoms with van der Waals surface area (Å²) in [6.45, 7) is 3.16. The third-order valence-electron chi connectivity index (χ3n) is 4.16. The van der Waals surface area contributed by atoms with Gasteiger partial charge in [-0.1, -0.05) is 0 Å². The number of ether oxygens (including phenoxy) is 2. The number of halogens is 3. The average Bonchev–Trinajstić information content (AvgIpc) is 3.25. The van der Waals surface area contributed by atoms with Crippen molar-refractivity contribution in [1.82, 2.24) is 19.6 Å². The van der Waals surface area contributed by atoms with Gasteiger partial charge >= 0.3 is 6.61 Å². The molecule has 11 heteroatoms. The number of hydrogen-bond acceptors (Lipinski definition) is 5. The standard InChI is InChI=1S/C19H20BrF2N5O3/c1-4-29-16-9-13(5-6-15(16)30-19(21)22)23-18(28)14-7-8-26(25-14)10-27-12(3)17(20)11(2)24-27/h5-9,19H,4,10H2,1-3H3,(H,23,28). The molecule has 0 spiro atoms. The van der Waals surface area contributed by atoms with Crippen LogP contribution in [0.5, 0.6) is 11.5 Å². The Morgan fingerprint density at radius 1 is 1.23 bits per heavy atom. The topological polar surface area (TPSA) is 83.2 Å². The van der Waals surface area contributed by atoms with Crippen LogP contribution in [0.4, 0.5) is 14.5 Å². The third-order valence-corrected chi connectivity index (χ3v) is 5.31. The normalized spacial score (nSPS) is 11.0. The molecule has 0 unspecified atom stereocenters. The van der Waals surface area contributed by atoms with Gasteiger partial charge in [0.15, 0.2) is 17.2 Å². The highest BCUT2D eigenvalue weighted by Crippen LogP contribution is 2.32. The van der Waals surface area contributed by atoms with E-state index in [2.05, 4.69) is 36.2 Å². The van der Waals surface area contributed by atoms with Crippen molar-refractivity contribution in [3.05, 3.63) is 52.0 Å². The Labute approximate surface area is 179 Å². The largest absolute Gasteiger partial charge is 0.490 e.